The van der Waals surface area contributed by atoms with E-state index >= 15 is 0 Å². The minimum absolute atomic E-state index is 0.0368. The predicted molar refractivity (Wildman–Crippen MR) is 125 cm³/mol. The van der Waals surface area contributed by atoms with Gasteiger partial charge in [-0.1, -0.05) is 6.92 Å². The molecule has 0 saturated heterocycles. The molecule has 9 heteroatoms. The van der Waals surface area contributed by atoms with Gasteiger partial charge in [-0.15, -0.1) is 0 Å². The molecule has 0 fully saturated rings. The molecule has 3 atom stereocenters. The number of carbonyl (C=O) groups is 2. The molecule has 0 bridgehead atoms. The van der Waals surface area contributed by atoms with E-state index in [9.17, 15) is 9.59 Å². The minimum atomic E-state index is -0.187. The van der Waals surface area contributed by atoms with E-state index in [2.05, 4.69) is 34.0 Å². The van der Waals surface area contributed by atoms with Crippen molar-refractivity contribution in [3.8, 4) is 5.75 Å². The van der Waals surface area contributed by atoms with Crippen LogP contribution in [0.2, 0.25) is 0 Å². The fourth-order valence-corrected chi connectivity index (χ4v) is 3.99. The molecular formula is C24H33N5O4. The van der Waals surface area contributed by atoms with E-state index in [0.717, 1.165) is 12.1 Å². The number of hydrogen-bond acceptors (Lipinski definition) is 7. The van der Waals surface area contributed by atoms with Crippen LogP contribution in [0.25, 0.3) is 0 Å². The Morgan fingerprint density at radius 1 is 1.24 bits per heavy atom. The molecular weight excluding hydrogens is 422 g/mol. The number of nitrogens with one attached hydrogen (secondary N) is 1. The monoisotopic (exact) mass is 455 g/mol. The number of rotatable bonds is 4. The van der Waals surface area contributed by atoms with Crippen LogP contribution in [-0.2, 0) is 16.1 Å². The van der Waals surface area contributed by atoms with Crippen molar-refractivity contribution in [2.45, 2.75) is 39.5 Å². The van der Waals surface area contributed by atoms with Gasteiger partial charge in [-0.05, 0) is 25.0 Å². The fourth-order valence-electron chi connectivity index (χ4n) is 3.99. The molecule has 1 aliphatic heterocycles. The van der Waals surface area contributed by atoms with Gasteiger partial charge in [0.15, 0.2) is 0 Å². The zero-order chi connectivity index (χ0) is 24.0. The summed E-state index contributed by atoms with van der Waals surface area (Å²) in [6.45, 7) is 7.89. The third-order valence-corrected chi connectivity index (χ3v) is 5.90. The number of likely N-dealkylation sites (N-methyl/N-ethyl adjacent to an activating group) is 1. The topological polar surface area (TPSA) is 96.9 Å². The van der Waals surface area contributed by atoms with Gasteiger partial charge in [0.1, 0.15) is 18.7 Å². The summed E-state index contributed by atoms with van der Waals surface area (Å²) in [6.07, 6.45) is 5.02. The Balaban J connectivity index is 1.94. The van der Waals surface area contributed by atoms with Gasteiger partial charge in [0, 0.05) is 76.5 Å². The number of aromatic nitrogens is 2. The van der Waals surface area contributed by atoms with Crippen LogP contribution in [0.15, 0.2) is 36.9 Å². The molecule has 0 radical (unpaired) electrons. The number of amides is 2. The fraction of sp³-hybridized carbons (Fsp3) is 0.500. The second kappa shape index (κ2) is 11.2. The maximum absolute atomic E-state index is 13.2. The standard InChI is InChI=1S/C24H33N5O4/c1-16-11-29(12-19-9-25-15-26-10-19)17(2)14-33-22-8-20(27-18(3)30)6-7-21(22)24(31)28(4)13-23(16)32-5/h6-10,15-17,23H,11-14H2,1-5H3,(H,27,30)/t16-,17-,23+/m1/s1. The van der Waals surface area contributed by atoms with Crippen molar-refractivity contribution in [1.29, 1.82) is 0 Å². The smallest absolute Gasteiger partial charge is 0.257 e. The van der Waals surface area contributed by atoms with Gasteiger partial charge in [0.2, 0.25) is 5.91 Å². The van der Waals surface area contributed by atoms with E-state index in [-0.39, 0.29) is 29.9 Å². The van der Waals surface area contributed by atoms with Crippen molar-refractivity contribution < 1.29 is 19.1 Å². The molecule has 2 amide bonds. The molecule has 0 unspecified atom stereocenters. The van der Waals surface area contributed by atoms with Crippen molar-refractivity contribution in [1.82, 2.24) is 19.8 Å². The maximum Gasteiger partial charge on any atom is 0.257 e. The van der Waals surface area contributed by atoms with Gasteiger partial charge in [0.25, 0.3) is 5.91 Å². The highest BCUT2D eigenvalue weighted by Crippen LogP contribution is 2.27. The Morgan fingerprint density at radius 3 is 2.64 bits per heavy atom. The average molecular weight is 456 g/mol. The largest absolute Gasteiger partial charge is 0.491 e. The third-order valence-electron chi connectivity index (χ3n) is 5.90. The number of carbonyl (C=O) groups excluding carboxylic acids is 2. The Bertz CT molecular complexity index is 955. The van der Waals surface area contributed by atoms with Crippen molar-refractivity contribution >= 4 is 17.5 Å². The highest BCUT2D eigenvalue weighted by Gasteiger charge is 2.28. The lowest BCUT2D eigenvalue weighted by atomic mass is 10.0. The number of ether oxygens (including phenoxy) is 2. The lowest BCUT2D eigenvalue weighted by molar-refractivity contribution is -0.114. The first-order chi connectivity index (χ1) is 15.8. The van der Waals surface area contributed by atoms with Gasteiger partial charge in [-0.2, -0.15) is 0 Å². The summed E-state index contributed by atoms with van der Waals surface area (Å²) in [5.41, 5.74) is 2.04. The van der Waals surface area contributed by atoms with E-state index in [1.165, 1.54) is 13.3 Å². The van der Waals surface area contributed by atoms with Crippen LogP contribution in [0, 0.1) is 5.92 Å². The summed E-state index contributed by atoms with van der Waals surface area (Å²) in [7, 11) is 3.45. The second-order valence-corrected chi connectivity index (χ2v) is 8.67. The molecule has 0 aliphatic carbocycles. The Hall–Kier alpha value is -3.04. The number of fused-ring (bicyclic) bond motifs is 1. The second-order valence-electron chi connectivity index (χ2n) is 8.67. The van der Waals surface area contributed by atoms with Gasteiger partial charge < -0.3 is 19.7 Å². The van der Waals surface area contributed by atoms with Gasteiger partial charge >= 0.3 is 0 Å². The van der Waals surface area contributed by atoms with Crippen LogP contribution in [0.4, 0.5) is 5.69 Å². The summed E-state index contributed by atoms with van der Waals surface area (Å²) >= 11 is 0. The Kier molecular flexibility index (Phi) is 8.35. The number of benzene rings is 1. The van der Waals surface area contributed by atoms with E-state index in [1.54, 1.807) is 37.3 Å². The molecule has 1 aliphatic rings. The van der Waals surface area contributed by atoms with Crippen LogP contribution in [0.3, 0.4) is 0 Å². The van der Waals surface area contributed by atoms with E-state index in [4.69, 9.17) is 9.47 Å². The Labute approximate surface area is 195 Å². The van der Waals surface area contributed by atoms with Crippen LogP contribution >= 0.6 is 0 Å². The zero-order valence-electron chi connectivity index (χ0n) is 19.9. The zero-order valence-corrected chi connectivity index (χ0v) is 19.9. The molecule has 2 heterocycles. The minimum Gasteiger partial charge on any atom is -0.491 e. The van der Waals surface area contributed by atoms with Crippen LogP contribution < -0.4 is 10.1 Å². The van der Waals surface area contributed by atoms with E-state index in [1.807, 2.05) is 12.4 Å². The number of hydrogen-bond donors (Lipinski definition) is 1. The molecule has 1 aromatic heterocycles. The summed E-state index contributed by atoms with van der Waals surface area (Å²) in [5.74, 6) is 0.266. The molecule has 33 heavy (non-hydrogen) atoms. The maximum atomic E-state index is 13.2. The normalized spacial score (nSPS) is 22.5. The first-order valence-corrected chi connectivity index (χ1v) is 11.1. The van der Waals surface area contributed by atoms with Gasteiger partial charge in [0.05, 0.1) is 11.7 Å². The molecule has 1 aromatic carbocycles. The lowest BCUT2D eigenvalue weighted by Crippen LogP contribution is -2.46. The molecule has 9 nitrogen and oxygen atoms in total. The molecule has 0 saturated carbocycles. The number of methoxy groups -OCH3 is 1. The summed E-state index contributed by atoms with van der Waals surface area (Å²) in [5, 5.41) is 2.75. The molecule has 178 valence electrons. The van der Waals surface area contributed by atoms with Gasteiger partial charge in [-0.25, -0.2) is 9.97 Å². The van der Waals surface area contributed by atoms with Crippen LogP contribution in [0.5, 0.6) is 5.75 Å². The van der Waals surface area contributed by atoms with Crippen molar-refractivity contribution in [2.75, 3.05) is 39.2 Å². The van der Waals surface area contributed by atoms with Crippen molar-refractivity contribution in [2.24, 2.45) is 5.92 Å². The molecule has 0 spiro atoms. The van der Waals surface area contributed by atoms with E-state index < -0.39 is 0 Å². The molecule has 2 aromatic rings. The highest BCUT2D eigenvalue weighted by atomic mass is 16.5. The highest BCUT2D eigenvalue weighted by molar-refractivity contribution is 5.98. The first-order valence-electron chi connectivity index (χ1n) is 11.1. The Morgan fingerprint density at radius 2 is 1.97 bits per heavy atom. The quantitative estimate of drug-likeness (QED) is 0.756. The van der Waals surface area contributed by atoms with Crippen molar-refractivity contribution in [3.63, 3.8) is 0 Å². The number of anilines is 1. The molecule has 3 rings (SSSR count). The number of nitrogens with zero attached hydrogens (tertiary/aromatic N) is 4. The predicted octanol–water partition coefficient (Wildman–Crippen LogP) is 2.44. The van der Waals surface area contributed by atoms with E-state index in [0.29, 0.717) is 36.7 Å². The van der Waals surface area contributed by atoms with Crippen LogP contribution in [0.1, 0.15) is 36.7 Å². The van der Waals surface area contributed by atoms with Crippen LogP contribution in [-0.4, -0.2) is 77.6 Å². The summed E-state index contributed by atoms with van der Waals surface area (Å²) in [6, 6.07) is 5.14. The average Bonchev–Trinajstić information content (AvgIpc) is 2.79. The van der Waals surface area contributed by atoms with Gasteiger partial charge in [-0.3, -0.25) is 14.5 Å². The third kappa shape index (κ3) is 6.49. The SMILES string of the molecule is CO[C@H]1CN(C)C(=O)c2ccc(NC(C)=O)cc2OC[C@@H](C)N(Cc2cncnc2)C[C@H]1C. The summed E-state index contributed by atoms with van der Waals surface area (Å²) < 4.78 is 12.0. The summed E-state index contributed by atoms with van der Waals surface area (Å²) in [4.78, 5) is 37.0. The molecule has 1 N–H and O–H groups in total. The lowest BCUT2D eigenvalue weighted by Gasteiger charge is -2.36. The first kappa shape index (κ1) is 24.6. The van der Waals surface area contributed by atoms with Crippen molar-refractivity contribution in [3.05, 3.63) is 48.0 Å².